The predicted molar refractivity (Wildman–Crippen MR) is 198 cm³/mol. The first kappa shape index (κ1) is 40.6. The van der Waals surface area contributed by atoms with Crippen molar-refractivity contribution in [2.24, 2.45) is 11.1 Å². The summed E-state index contributed by atoms with van der Waals surface area (Å²) >= 11 is 0.520. The van der Waals surface area contributed by atoms with E-state index in [4.69, 9.17) is 10.5 Å². The van der Waals surface area contributed by atoms with Gasteiger partial charge in [0.1, 0.15) is 5.65 Å². The summed E-state index contributed by atoms with van der Waals surface area (Å²) in [5, 5.41) is 10.7. The molecule has 5 rings (SSSR count). The number of hydrogen-bond donors (Lipinski definition) is 2. The van der Waals surface area contributed by atoms with Crippen LogP contribution < -0.4 is 5.73 Å². The molecular formula is C38H42F3N5O6S2. The molecule has 54 heavy (non-hydrogen) atoms. The molecule has 0 aliphatic rings. The monoisotopic (exact) mass is 785 g/mol. The number of imide groups is 1. The number of aromatic nitrogens is 2. The number of methoxy groups -OCH3 is 1. The summed E-state index contributed by atoms with van der Waals surface area (Å²) < 4.78 is 81.6. The summed E-state index contributed by atoms with van der Waals surface area (Å²) in [5.41, 5.74) is 7.72. The summed E-state index contributed by atoms with van der Waals surface area (Å²) in [7, 11) is -3.50. The Hall–Kier alpha value is -4.61. The maximum atomic E-state index is 15.2. The lowest BCUT2D eigenvalue weighted by Crippen LogP contribution is -2.53. The smallest absolute Gasteiger partial charge is 0.417 e. The first-order valence-electron chi connectivity index (χ1n) is 17.0. The molecule has 3 N–H and O–H groups in total. The standard InChI is InChI=1S/C38H42F3N5O6S2/c1-37(2,3)19-21-45(54(50,51)27-15-18-31-43-20-22-44(31)23-27)28(24-47)29-16-17-30(53-29)34(38(39,40)41)46(36(49)52-4)35(48)33(42)32(25-11-7-5-8-12-25)26-13-9-6-10-14-26/h5-18,20,22-23,28,32-34,47H,19,21,24,42H2,1-4H3/t28-,33+,34-/m1/s1. The number of carbonyl (C=O) groups excluding carboxylic acids is 2. The molecule has 3 heterocycles. The number of nitrogens with two attached hydrogens (primary N) is 1. The van der Waals surface area contributed by atoms with Crippen molar-refractivity contribution in [3.05, 3.63) is 124 Å². The van der Waals surface area contributed by atoms with E-state index in [9.17, 15) is 23.1 Å². The fraction of sp³-hybridized carbons (Fsp3) is 0.342. The van der Waals surface area contributed by atoms with Gasteiger partial charge in [-0.3, -0.25) is 4.79 Å². The highest BCUT2D eigenvalue weighted by molar-refractivity contribution is 7.89. The van der Waals surface area contributed by atoms with Crippen molar-refractivity contribution in [2.45, 2.75) is 62.3 Å². The molecule has 288 valence electrons. The van der Waals surface area contributed by atoms with Crippen LogP contribution in [0.2, 0.25) is 0 Å². The Morgan fingerprint density at radius 2 is 1.54 bits per heavy atom. The number of fused-ring (bicyclic) bond motifs is 1. The molecule has 3 aromatic heterocycles. The van der Waals surface area contributed by atoms with Crippen LogP contribution in [0.4, 0.5) is 18.0 Å². The quantitative estimate of drug-likeness (QED) is 0.131. The van der Waals surface area contributed by atoms with E-state index in [1.807, 2.05) is 20.8 Å². The topological polar surface area (TPSA) is 148 Å². The molecule has 0 saturated heterocycles. The van der Waals surface area contributed by atoms with Gasteiger partial charge in [-0.05, 0) is 47.2 Å². The molecule has 2 amide bonds. The number of carbonyl (C=O) groups is 2. The minimum atomic E-state index is -5.23. The normalized spacial score (nSPS) is 14.3. The lowest BCUT2D eigenvalue weighted by Gasteiger charge is -2.34. The summed E-state index contributed by atoms with van der Waals surface area (Å²) in [6.45, 7) is 4.85. The van der Waals surface area contributed by atoms with Crippen LogP contribution in [0, 0.1) is 5.41 Å². The van der Waals surface area contributed by atoms with Crippen LogP contribution in [0.3, 0.4) is 0 Å². The van der Waals surface area contributed by atoms with E-state index in [2.05, 4.69) is 4.98 Å². The summed E-state index contributed by atoms with van der Waals surface area (Å²) in [6.07, 6.45) is -2.03. The van der Waals surface area contributed by atoms with Crippen molar-refractivity contribution in [3.63, 3.8) is 0 Å². The van der Waals surface area contributed by atoms with Gasteiger partial charge in [0.2, 0.25) is 10.0 Å². The number of hydrogen-bond acceptors (Lipinski definition) is 9. The van der Waals surface area contributed by atoms with E-state index >= 15 is 13.2 Å². The van der Waals surface area contributed by atoms with Crippen LogP contribution in [-0.2, 0) is 19.6 Å². The molecule has 0 aliphatic carbocycles. The van der Waals surface area contributed by atoms with Gasteiger partial charge in [-0.1, -0.05) is 81.4 Å². The molecule has 0 radical (unpaired) electrons. The SMILES string of the molecule is COC(=O)N(C(=O)[C@@H](N)C(c1ccccc1)c1ccccc1)[C@H](c1ccc([C@@H](CO)N(CCC(C)(C)C)S(=O)(=O)c2ccc3nccn3c2)s1)C(F)(F)F. The Balaban J connectivity index is 1.57. The molecule has 2 aromatic carbocycles. The summed E-state index contributed by atoms with van der Waals surface area (Å²) in [5.74, 6) is -2.29. The van der Waals surface area contributed by atoms with Crippen molar-refractivity contribution in [1.82, 2.24) is 18.6 Å². The van der Waals surface area contributed by atoms with Gasteiger partial charge in [0, 0.05) is 40.8 Å². The van der Waals surface area contributed by atoms with Crippen LogP contribution in [0.15, 0.2) is 108 Å². The fourth-order valence-corrected chi connectivity index (χ4v) is 9.09. The number of alkyl halides is 3. The second kappa shape index (κ2) is 16.4. The maximum Gasteiger partial charge on any atom is 0.417 e. The number of rotatable bonds is 13. The van der Waals surface area contributed by atoms with E-state index in [1.54, 1.807) is 66.9 Å². The third-order valence-electron chi connectivity index (χ3n) is 8.96. The molecule has 5 aromatic rings. The minimum absolute atomic E-state index is 0.0262. The number of nitrogens with zero attached hydrogens (tertiary/aromatic N) is 4. The van der Waals surface area contributed by atoms with Crippen LogP contribution in [0.25, 0.3) is 5.65 Å². The molecule has 0 bridgehead atoms. The molecular weight excluding hydrogens is 744 g/mol. The first-order chi connectivity index (χ1) is 25.5. The van der Waals surface area contributed by atoms with Crippen LogP contribution >= 0.6 is 11.3 Å². The van der Waals surface area contributed by atoms with E-state index in [0.717, 1.165) is 17.5 Å². The van der Waals surface area contributed by atoms with Crippen molar-refractivity contribution in [3.8, 4) is 0 Å². The minimum Gasteiger partial charge on any atom is -0.452 e. The lowest BCUT2D eigenvalue weighted by atomic mass is 9.84. The van der Waals surface area contributed by atoms with E-state index < -0.39 is 63.7 Å². The van der Waals surface area contributed by atoms with Gasteiger partial charge in [-0.2, -0.15) is 17.5 Å². The number of aliphatic hydroxyl groups is 1. The van der Waals surface area contributed by atoms with Crippen molar-refractivity contribution in [2.75, 3.05) is 20.3 Å². The Morgan fingerprint density at radius 1 is 0.944 bits per heavy atom. The third kappa shape index (κ3) is 8.84. The molecule has 11 nitrogen and oxygen atoms in total. The van der Waals surface area contributed by atoms with Gasteiger partial charge >= 0.3 is 12.3 Å². The zero-order valence-corrected chi connectivity index (χ0v) is 31.7. The number of pyridine rings is 1. The lowest BCUT2D eigenvalue weighted by molar-refractivity contribution is -0.186. The first-order valence-corrected chi connectivity index (χ1v) is 19.2. The number of benzene rings is 2. The van der Waals surface area contributed by atoms with Crippen molar-refractivity contribution < 1.29 is 41.0 Å². The zero-order valence-electron chi connectivity index (χ0n) is 30.1. The van der Waals surface area contributed by atoms with Crippen LogP contribution in [-0.4, -0.2) is 76.6 Å². The number of imidazole rings is 1. The van der Waals surface area contributed by atoms with Crippen molar-refractivity contribution >= 4 is 39.0 Å². The molecule has 0 fully saturated rings. The van der Waals surface area contributed by atoms with Gasteiger partial charge < -0.3 is 20.0 Å². The van der Waals surface area contributed by atoms with Gasteiger partial charge in [-0.25, -0.2) is 23.1 Å². The number of aliphatic hydroxyl groups excluding tert-OH is 1. The third-order valence-corrected chi connectivity index (χ3v) is 12.1. The fourth-order valence-electron chi connectivity index (χ4n) is 6.18. The average Bonchev–Trinajstić information content (AvgIpc) is 3.81. The van der Waals surface area contributed by atoms with Crippen molar-refractivity contribution in [1.29, 1.82) is 0 Å². The molecule has 0 saturated carbocycles. The van der Waals surface area contributed by atoms with Gasteiger partial charge in [0.05, 0.1) is 30.7 Å². The highest BCUT2D eigenvalue weighted by Gasteiger charge is 2.52. The molecule has 0 spiro atoms. The van der Waals surface area contributed by atoms with Gasteiger partial charge in [0.25, 0.3) is 5.91 Å². The largest absolute Gasteiger partial charge is 0.452 e. The van der Waals surface area contributed by atoms with Gasteiger partial charge in [0.15, 0.2) is 6.04 Å². The molecule has 16 heteroatoms. The van der Waals surface area contributed by atoms with Crippen LogP contribution in [0.1, 0.15) is 66.1 Å². The Bertz CT molecular complexity index is 2110. The number of ether oxygens (including phenoxy) is 1. The van der Waals surface area contributed by atoms with Gasteiger partial charge in [-0.15, -0.1) is 11.3 Å². The molecule has 3 atom stereocenters. The Morgan fingerprint density at radius 3 is 2.07 bits per heavy atom. The predicted octanol–water partition coefficient (Wildman–Crippen LogP) is 6.91. The van der Waals surface area contributed by atoms with E-state index in [1.165, 1.54) is 35.0 Å². The molecule has 0 aliphatic heterocycles. The van der Waals surface area contributed by atoms with E-state index in [0.29, 0.717) is 34.5 Å². The summed E-state index contributed by atoms with van der Waals surface area (Å²) in [4.78, 5) is 31.0. The second-order valence-electron chi connectivity index (χ2n) is 13.9. The maximum absolute atomic E-state index is 15.2. The number of sulfonamides is 1. The number of amides is 2. The Kier molecular flexibility index (Phi) is 12.3. The number of halogens is 3. The second-order valence-corrected chi connectivity index (χ2v) is 16.9. The van der Waals surface area contributed by atoms with E-state index in [-0.39, 0.29) is 26.6 Å². The molecule has 0 unspecified atom stereocenters. The zero-order chi connectivity index (χ0) is 39.4. The van der Waals surface area contributed by atoms with Crippen LogP contribution in [0.5, 0.6) is 0 Å². The summed E-state index contributed by atoms with van der Waals surface area (Å²) in [6, 6.07) is 16.4. The Labute approximate surface area is 315 Å². The average molecular weight is 786 g/mol. The highest BCUT2D eigenvalue weighted by Crippen LogP contribution is 2.44. The highest BCUT2D eigenvalue weighted by atomic mass is 32.2. The number of thiophene rings is 1.